The van der Waals surface area contributed by atoms with Gasteiger partial charge in [0.05, 0.1) is 5.69 Å². The van der Waals surface area contributed by atoms with Gasteiger partial charge in [0.2, 0.25) is 0 Å². The molecule has 1 heterocycles. The van der Waals surface area contributed by atoms with Crippen molar-refractivity contribution in [1.82, 2.24) is 10.3 Å². The molecule has 0 aliphatic heterocycles. The van der Waals surface area contributed by atoms with E-state index in [1.807, 2.05) is 6.92 Å². The van der Waals surface area contributed by atoms with Gasteiger partial charge in [-0.1, -0.05) is 27.7 Å². The van der Waals surface area contributed by atoms with Gasteiger partial charge in [0, 0.05) is 39.6 Å². The molecule has 0 spiro atoms. The quantitative estimate of drug-likeness (QED) is 0.818. The fourth-order valence-electron chi connectivity index (χ4n) is 1.40. The second-order valence-electron chi connectivity index (χ2n) is 5.65. The third kappa shape index (κ3) is 5.16. The van der Waals surface area contributed by atoms with E-state index in [4.69, 9.17) is 0 Å². The first-order valence-electron chi connectivity index (χ1n) is 6.28. The molecule has 3 nitrogen and oxygen atoms in total. The first kappa shape index (κ1) is 15.8. The van der Waals surface area contributed by atoms with Gasteiger partial charge in [0.1, 0.15) is 5.01 Å². The van der Waals surface area contributed by atoms with E-state index in [1.54, 1.807) is 17.6 Å². The Hall–Kier alpha value is -0.260. The standard InChI is InChI=1S/C13H24N2OS2/c1-10(18(5)16)6-7-14-8-12-15-11(9-17-12)13(2,3)4/h9-10,14H,6-8H2,1-5H3. The number of aromatic nitrogens is 1. The Labute approximate surface area is 117 Å². The Kier molecular flexibility index (Phi) is 5.95. The van der Waals surface area contributed by atoms with Crippen LogP contribution in [0, 0.1) is 0 Å². The lowest BCUT2D eigenvalue weighted by Crippen LogP contribution is -2.21. The fraction of sp³-hybridized carbons (Fsp3) is 0.769. The number of rotatable bonds is 6. The highest BCUT2D eigenvalue weighted by Crippen LogP contribution is 2.23. The Morgan fingerprint density at radius 1 is 1.50 bits per heavy atom. The number of nitrogens with one attached hydrogen (secondary N) is 1. The van der Waals surface area contributed by atoms with Crippen molar-refractivity contribution in [3.8, 4) is 0 Å². The summed E-state index contributed by atoms with van der Waals surface area (Å²) in [7, 11) is -0.719. The molecule has 0 aliphatic carbocycles. The van der Waals surface area contributed by atoms with Crippen LogP contribution in [-0.2, 0) is 22.8 Å². The second kappa shape index (κ2) is 6.78. The molecule has 1 rings (SSSR count). The van der Waals surface area contributed by atoms with Gasteiger partial charge in [-0.3, -0.25) is 4.21 Å². The number of hydrogen-bond acceptors (Lipinski definition) is 4. The van der Waals surface area contributed by atoms with Gasteiger partial charge in [-0.2, -0.15) is 0 Å². The largest absolute Gasteiger partial charge is 0.310 e. The van der Waals surface area contributed by atoms with E-state index in [0.717, 1.165) is 30.2 Å². The molecular formula is C13H24N2OS2. The van der Waals surface area contributed by atoms with Crippen LogP contribution in [0.3, 0.4) is 0 Å². The van der Waals surface area contributed by atoms with Crippen LogP contribution in [0.15, 0.2) is 5.38 Å². The minimum atomic E-state index is -0.719. The fourth-order valence-corrected chi connectivity index (χ4v) is 2.84. The molecule has 0 radical (unpaired) electrons. The summed E-state index contributed by atoms with van der Waals surface area (Å²) in [5, 5.41) is 6.90. The molecule has 0 aromatic carbocycles. The number of thiazole rings is 1. The molecule has 1 aromatic heterocycles. The van der Waals surface area contributed by atoms with Crippen LogP contribution in [0.25, 0.3) is 0 Å². The monoisotopic (exact) mass is 288 g/mol. The molecule has 1 aromatic rings. The number of hydrogen-bond donors (Lipinski definition) is 1. The Balaban J connectivity index is 2.32. The van der Waals surface area contributed by atoms with Crippen molar-refractivity contribution in [1.29, 1.82) is 0 Å². The lowest BCUT2D eigenvalue weighted by atomic mass is 9.93. The van der Waals surface area contributed by atoms with Crippen LogP contribution in [0.1, 0.15) is 44.8 Å². The maximum Gasteiger partial charge on any atom is 0.107 e. The molecule has 2 atom stereocenters. The molecule has 0 saturated heterocycles. The third-order valence-electron chi connectivity index (χ3n) is 2.89. The van der Waals surface area contributed by atoms with Crippen LogP contribution < -0.4 is 5.32 Å². The Bertz CT molecular complexity index is 396. The Morgan fingerprint density at radius 2 is 2.17 bits per heavy atom. The summed E-state index contributed by atoms with van der Waals surface area (Å²) in [4.78, 5) is 4.63. The van der Waals surface area contributed by atoms with E-state index in [1.165, 1.54) is 0 Å². The summed E-state index contributed by atoms with van der Waals surface area (Å²) >= 11 is 1.71. The number of nitrogens with zero attached hydrogens (tertiary/aromatic N) is 1. The van der Waals surface area contributed by atoms with E-state index in [9.17, 15) is 4.21 Å². The third-order valence-corrected chi connectivity index (χ3v) is 5.11. The molecule has 0 fully saturated rings. The van der Waals surface area contributed by atoms with Crippen LogP contribution in [0.4, 0.5) is 0 Å². The van der Waals surface area contributed by atoms with Crippen LogP contribution in [0.5, 0.6) is 0 Å². The molecule has 104 valence electrons. The maximum atomic E-state index is 11.2. The highest BCUT2D eigenvalue weighted by molar-refractivity contribution is 7.84. The predicted molar refractivity (Wildman–Crippen MR) is 80.7 cm³/mol. The molecular weight excluding hydrogens is 264 g/mol. The maximum absolute atomic E-state index is 11.2. The average molecular weight is 288 g/mol. The first-order valence-corrected chi connectivity index (χ1v) is 8.78. The van der Waals surface area contributed by atoms with Gasteiger partial charge in [0.15, 0.2) is 0 Å². The smallest absolute Gasteiger partial charge is 0.107 e. The molecule has 0 saturated carbocycles. The van der Waals surface area contributed by atoms with Gasteiger partial charge in [-0.05, 0) is 13.0 Å². The Morgan fingerprint density at radius 3 is 2.67 bits per heavy atom. The molecule has 18 heavy (non-hydrogen) atoms. The van der Waals surface area contributed by atoms with Crippen molar-refractivity contribution in [3.05, 3.63) is 16.1 Å². The molecule has 0 aliphatic rings. The van der Waals surface area contributed by atoms with Crippen molar-refractivity contribution >= 4 is 22.1 Å². The minimum absolute atomic E-state index is 0.127. The summed E-state index contributed by atoms with van der Waals surface area (Å²) in [6.45, 7) is 10.3. The SMILES string of the molecule is CC(CCNCc1nc(C(C)(C)C)cs1)S(C)=O. The average Bonchev–Trinajstić information content (AvgIpc) is 2.72. The lowest BCUT2D eigenvalue weighted by molar-refractivity contribution is 0.567. The zero-order chi connectivity index (χ0) is 13.8. The lowest BCUT2D eigenvalue weighted by Gasteiger charge is -2.14. The summed E-state index contributed by atoms with van der Waals surface area (Å²) in [6, 6.07) is 0. The summed E-state index contributed by atoms with van der Waals surface area (Å²) in [5.41, 5.74) is 1.29. The van der Waals surface area contributed by atoms with Crippen molar-refractivity contribution in [2.45, 2.75) is 51.3 Å². The minimum Gasteiger partial charge on any atom is -0.310 e. The normalized spacial score (nSPS) is 15.6. The molecule has 5 heteroatoms. The van der Waals surface area contributed by atoms with Crippen LogP contribution in [0.2, 0.25) is 0 Å². The van der Waals surface area contributed by atoms with Crippen molar-refractivity contribution in [3.63, 3.8) is 0 Å². The van der Waals surface area contributed by atoms with Gasteiger partial charge < -0.3 is 5.32 Å². The summed E-state index contributed by atoms with van der Waals surface area (Å²) in [5.74, 6) is 0. The predicted octanol–water partition coefficient (Wildman–Crippen LogP) is 2.69. The highest BCUT2D eigenvalue weighted by atomic mass is 32.2. The van der Waals surface area contributed by atoms with Crippen LogP contribution >= 0.6 is 11.3 Å². The van der Waals surface area contributed by atoms with Crippen molar-refractivity contribution in [2.24, 2.45) is 0 Å². The summed E-state index contributed by atoms with van der Waals surface area (Å²) < 4.78 is 11.2. The van der Waals surface area contributed by atoms with E-state index in [0.29, 0.717) is 0 Å². The van der Waals surface area contributed by atoms with E-state index < -0.39 is 10.8 Å². The zero-order valence-electron chi connectivity index (χ0n) is 11.9. The summed E-state index contributed by atoms with van der Waals surface area (Å²) in [6.07, 6.45) is 2.71. The molecule has 2 unspecified atom stereocenters. The zero-order valence-corrected chi connectivity index (χ0v) is 13.6. The van der Waals surface area contributed by atoms with Gasteiger partial charge in [-0.25, -0.2) is 4.98 Å². The van der Waals surface area contributed by atoms with Gasteiger partial charge >= 0.3 is 0 Å². The first-order chi connectivity index (χ1) is 8.30. The van der Waals surface area contributed by atoms with Gasteiger partial charge in [0.25, 0.3) is 0 Å². The topological polar surface area (TPSA) is 42.0 Å². The van der Waals surface area contributed by atoms with E-state index in [2.05, 4.69) is 36.5 Å². The van der Waals surface area contributed by atoms with Crippen molar-refractivity contribution in [2.75, 3.05) is 12.8 Å². The molecule has 1 N–H and O–H groups in total. The van der Waals surface area contributed by atoms with Crippen molar-refractivity contribution < 1.29 is 4.21 Å². The second-order valence-corrected chi connectivity index (χ2v) is 8.40. The van der Waals surface area contributed by atoms with Crippen LogP contribution in [-0.4, -0.2) is 27.2 Å². The van der Waals surface area contributed by atoms with E-state index in [-0.39, 0.29) is 10.7 Å². The molecule has 0 bridgehead atoms. The highest BCUT2D eigenvalue weighted by Gasteiger charge is 2.17. The molecule has 0 amide bonds. The van der Waals surface area contributed by atoms with Gasteiger partial charge in [-0.15, -0.1) is 11.3 Å². The van der Waals surface area contributed by atoms with E-state index >= 15 is 0 Å².